The van der Waals surface area contributed by atoms with E-state index >= 15 is 0 Å². The van der Waals surface area contributed by atoms with E-state index in [1.165, 1.54) is 6.42 Å². The third-order valence-electron chi connectivity index (χ3n) is 5.25. The van der Waals surface area contributed by atoms with Crippen molar-refractivity contribution >= 4 is 5.69 Å². The van der Waals surface area contributed by atoms with Gasteiger partial charge in [-0.15, -0.1) is 0 Å². The first-order valence-corrected chi connectivity index (χ1v) is 8.55. The van der Waals surface area contributed by atoms with Gasteiger partial charge in [0, 0.05) is 43.4 Å². The molecule has 126 valence electrons. The molecule has 0 aliphatic carbocycles. The fourth-order valence-corrected chi connectivity index (χ4v) is 4.17. The number of likely N-dealkylation sites (N-methyl/N-ethyl adjacent to an activating group) is 1. The highest BCUT2D eigenvalue weighted by atomic mass is 16.3. The summed E-state index contributed by atoms with van der Waals surface area (Å²) in [5.41, 5.74) is 2.62. The van der Waals surface area contributed by atoms with Crippen molar-refractivity contribution < 1.29 is 5.11 Å². The van der Waals surface area contributed by atoms with Crippen molar-refractivity contribution in [1.82, 2.24) is 9.47 Å². The number of aromatic nitrogens is 1. The van der Waals surface area contributed by atoms with E-state index in [0.29, 0.717) is 24.1 Å². The van der Waals surface area contributed by atoms with Gasteiger partial charge in [-0.2, -0.15) is 0 Å². The van der Waals surface area contributed by atoms with E-state index in [9.17, 15) is 9.90 Å². The second kappa shape index (κ2) is 5.98. The summed E-state index contributed by atoms with van der Waals surface area (Å²) in [6.07, 6.45) is 1.19. The number of phenolic OH excluding ortho intramolecular Hbond substituents is 1. The van der Waals surface area contributed by atoms with Crippen LogP contribution in [-0.2, 0) is 13.1 Å². The number of hydrogen-bond acceptors (Lipinski definition) is 4. The largest absolute Gasteiger partial charge is 0.508 e. The van der Waals surface area contributed by atoms with Gasteiger partial charge >= 0.3 is 0 Å². The lowest BCUT2D eigenvalue weighted by Crippen LogP contribution is -2.45. The molecule has 1 saturated heterocycles. The van der Waals surface area contributed by atoms with Crippen LogP contribution in [0.3, 0.4) is 0 Å². The Morgan fingerprint density at radius 3 is 2.83 bits per heavy atom. The van der Waals surface area contributed by atoms with Crippen LogP contribution in [-0.4, -0.2) is 34.7 Å². The van der Waals surface area contributed by atoms with Crippen molar-refractivity contribution in [3.8, 4) is 5.75 Å². The van der Waals surface area contributed by atoms with Crippen molar-refractivity contribution in [3.05, 3.63) is 58.0 Å². The van der Waals surface area contributed by atoms with Crippen molar-refractivity contribution in [3.63, 3.8) is 0 Å². The summed E-state index contributed by atoms with van der Waals surface area (Å²) in [6, 6.07) is 11.2. The lowest BCUT2D eigenvalue weighted by Gasteiger charge is -2.41. The quantitative estimate of drug-likeness (QED) is 0.908. The third kappa shape index (κ3) is 2.69. The fraction of sp³-hybridized carbons (Fsp3) is 0.421. The maximum absolute atomic E-state index is 12.9. The standard InChI is InChI=1S/C19H23N3O2/c1-21-10-13-8-15(12-21)17-7-6-16(19(24)22(17)11-13)20-9-14-4-2-3-5-18(14)23/h2-7,13,15,20,23H,8-12H2,1H3/t13-,15+/m1/s1. The number of anilines is 1. The SMILES string of the molecule is CN1C[C@H]2C[C@@H](C1)c1ccc(NCc3ccccc3O)c(=O)n1C2. The molecule has 1 aromatic carbocycles. The number of rotatable bonds is 3. The van der Waals surface area contributed by atoms with Crippen molar-refractivity contribution in [2.75, 3.05) is 25.5 Å². The van der Waals surface area contributed by atoms with E-state index in [1.807, 2.05) is 22.8 Å². The van der Waals surface area contributed by atoms with Gasteiger partial charge in [0.2, 0.25) is 0 Å². The minimum atomic E-state index is 0.0576. The topological polar surface area (TPSA) is 57.5 Å². The molecule has 5 heteroatoms. The zero-order chi connectivity index (χ0) is 16.7. The molecule has 24 heavy (non-hydrogen) atoms. The number of nitrogens with one attached hydrogen (secondary N) is 1. The Kier molecular flexibility index (Phi) is 3.81. The van der Waals surface area contributed by atoms with Crippen molar-refractivity contribution in [2.45, 2.75) is 25.4 Å². The van der Waals surface area contributed by atoms with Crippen LogP contribution in [0.1, 0.15) is 23.6 Å². The van der Waals surface area contributed by atoms with Gasteiger partial charge in [-0.3, -0.25) is 4.79 Å². The maximum Gasteiger partial charge on any atom is 0.274 e. The first kappa shape index (κ1) is 15.3. The molecule has 2 atom stereocenters. The molecule has 0 saturated carbocycles. The van der Waals surface area contributed by atoms with Gasteiger partial charge in [-0.05, 0) is 37.6 Å². The van der Waals surface area contributed by atoms with Crippen LogP contribution in [0, 0.1) is 5.92 Å². The number of piperidine rings is 1. The molecule has 4 rings (SSSR count). The van der Waals surface area contributed by atoms with Gasteiger partial charge in [0.1, 0.15) is 11.4 Å². The molecule has 2 N–H and O–H groups in total. The Morgan fingerprint density at radius 1 is 1.17 bits per heavy atom. The summed E-state index contributed by atoms with van der Waals surface area (Å²) in [4.78, 5) is 15.2. The molecular formula is C19H23N3O2. The summed E-state index contributed by atoms with van der Waals surface area (Å²) in [6.45, 7) is 3.34. The maximum atomic E-state index is 12.9. The van der Waals surface area contributed by atoms with E-state index < -0.39 is 0 Å². The van der Waals surface area contributed by atoms with Crippen LogP contribution in [0.15, 0.2) is 41.2 Å². The van der Waals surface area contributed by atoms with Crippen LogP contribution < -0.4 is 10.9 Å². The summed E-state index contributed by atoms with van der Waals surface area (Å²) >= 11 is 0. The molecule has 0 spiro atoms. The van der Waals surface area contributed by atoms with Crippen molar-refractivity contribution in [1.29, 1.82) is 0 Å². The van der Waals surface area contributed by atoms with Gasteiger partial charge < -0.3 is 19.9 Å². The monoisotopic (exact) mass is 325 g/mol. The first-order valence-electron chi connectivity index (χ1n) is 8.55. The molecule has 2 aromatic rings. The van der Waals surface area contributed by atoms with E-state index in [4.69, 9.17) is 0 Å². The fourth-order valence-electron chi connectivity index (χ4n) is 4.17. The number of likely N-dealkylation sites (tertiary alicyclic amines) is 1. The molecule has 5 nitrogen and oxygen atoms in total. The normalized spacial score (nSPS) is 22.9. The smallest absolute Gasteiger partial charge is 0.274 e. The number of benzene rings is 1. The second-order valence-corrected chi connectivity index (χ2v) is 7.09. The molecule has 2 aliphatic heterocycles. The summed E-state index contributed by atoms with van der Waals surface area (Å²) in [5.74, 6) is 1.27. The molecule has 1 aromatic heterocycles. The van der Waals surface area contributed by atoms with Crippen LogP contribution in [0.25, 0.3) is 0 Å². The van der Waals surface area contributed by atoms with Gasteiger partial charge in [0.15, 0.2) is 0 Å². The average molecular weight is 325 g/mol. The van der Waals surface area contributed by atoms with Crippen LogP contribution in [0.5, 0.6) is 5.75 Å². The lowest BCUT2D eigenvalue weighted by atomic mass is 9.83. The number of fused-ring (bicyclic) bond motifs is 4. The highest BCUT2D eigenvalue weighted by Crippen LogP contribution is 2.34. The zero-order valence-electron chi connectivity index (χ0n) is 13.9. The number of para-hydroxylation sites is 1. The lowest BCUT2D eigenvalue weighted by molar-refractivity contribution is 0.145. The molecule has 0 amide bonds. The van der Waals surface area contributed by atoms with Gasteiger partial charge in [0.25, 0.3) is 5.56 Å². The van der Waals surface area contributed by atoms with E-state index in [1.54, 1.807) is 12.1 Å². The second-order valence-electron chi connectivity index (χ2n) is 7.09. The average Bonchev–Trinajstić information content (AvgIpc) is 2.56. The number of hydrogen-bond donors (Lipinski definition) is 2. The Hall–Kier alpha value is -2.27. The summed E-state index contributed by atoms with van der Waals surface area (Å²) in [7, 11) is 2.16. The van der Waals surface area contributed by atoms with E-state index in [0.717, 1.165) is 30.9 Å². The molecule has 2 aliphatic rings. The molecule has 0 radical (unpaired) electrons. The Labute approximate surface area is 141 Å². The van der Waals surface area contributed by atoms with Crippen LogP contribution in [0.4, 0.5) is 5.69 Å². The Balaban J connectivity index is 1.60. The van der Waals surface area contributed by atoms with E-state index in [-0.39, 0.29) is 11.3 Å². The Morgan fingerprint density at radius 2 is 2.00 bits per heavy atom. The van der Waals surface area contributed by atoms with Gasteiger partial charge in [-0.1, -0.05) is 18.2 Å². The zero-order valence-corrected chi connectivity index (χ0v) is 13.9. The molecule has 1 fully saturated rings. The van der Waals surface area contributed by atoms with Crippen LogP contribution in [0.2, 0.25) is 0 Å². The summed E-state index contributed by atoms with van der Waals surface area (Å²) < 4.78 is 1.96. The molecular weight excluding hydrogens is 302 g/mol. The number of pyridine rings is 1. The van der Waals surface area contributed by atoms with Gasteiger partial charge in [0.05, 0.1) is 0 Å². The molecule has 3 heterocycles. The predicted octanol–water partition coefficient (Wildman–Crippen LogP) is 2.21. The highest BCUT2D eigenvalue weighted by Gasteiger charge is 2.33. The highest BCUT2D eigenvalue weighted by molar-refractivity contribution is 5.45. The number of aromatic hydroxyl groups is 1. The predicted molar refractivity (Wildman–Crippen MR) is 94.5 cm³/mol. The first-order chi connectivity index (χ1) is 11.6. The third-order valence-corrected chi connectivity index (χ3v) is 5.25. The minimum absolute atomic E-state index is 0.0576. The van der Waals surface area contributed by atoms with Crippen LogP contribution >= 0.6 is 0 Å². The van der Waals surface area contributed by atoms with Gasteiger partial charge in [-0.25, -0.2) is 0 Å². The summed E-state index contributed by atoms with van der Waals surface area (Å²) in [5, 5.41) is 13.0. The Bertz CT molecular complexity index is 814. The van der Waals surface area contributed by atoms with Crippen molar-refractivity contribution in [2.24, 2.45) is 5.92 Å². The number of nitrogens with zero attached hydrogens (tertiary/aromatic N) is 2. The number of phenols is 1. The molecule has 2 bridgehead atoms. The molecule has 0 unspecified atom stereocenters. The van der Waals surface area contributed by atoms with E-state index in [2.05, 4.69) is 23.3 Å². The minimum Gasteiger partial charge on any atom is -0.508 e.